The van der Waals surface area contributed by atoms with Gasteiger partial charge in [-0.1, -0.05) is 48.0 Å². The molecule has 0 fully saturated rings. The first-order valence-electron chi connectivity index (χ1n) is 6.88. The number of halogens is 1. The average Bonchev–Trinajstić information content (AvgIpc) is 2.92. The molecule has 0 N–H and O–H groups in total. The van der Waals surface area contributed by atoms with Crippen molar-refractivity contribution < 1.29 is 4.79 Å². The first kappa shape index (κ1) is 13.0. The van der Waals surface area contributed by atoms with Gasteiger partial charge in [0.2, 0.25) is 0 Å². The van der Waals surface area contributed by atoms with Crippen molar-refractivity contribution in [1.29, 1.82) is 0 Å². The maximum atomic E-state index is 11.5. The van der Waals surface area contributed by atoms with Gasteiger partial charge >= 0.3 is 0 Å². The van der Waals surface area contributed by atoms with Gasteiger partial charge in [-0.05, 0) is 29.0 Å². The molecule has 4 aromatic rings. The van der Waals surface area contributed by atoms with E-state index in [1.165, 1.54) is 0 Å². The van der Waals surface area contributed by atoms with E-state index in [4.69, 9.17) is 11.6 Å². The van der Waals surface area contributed by atoms with Crippen molar-refractivity contribution in [3.05, 3.63) is 71.5 Å². The topological polar surface area (TPSA) is 34.4 Å². The normalized spacial score (nSPS) is 11.1. The number of rotatable bonds is 2. The maximum absolute atomic E-state index is 11.5. The Balaban J connectivity index is 2.00. The van der Waals surface area contributed by atoms with Crippen molar-refractivity contribution in [3.63, 3.8) is 0 Å². The molecular weight excluding hydrogens is 296 g/mol. The zero-order chi connectivity index (χ0) is 15.1. The second-order valence-electron chi connectivity index (χ2n) is 5.10. The number of aldehydes is 1. The Labute approximate surface area is 131 Å². The van der Waals surface area contributed by atoms with Crippen LogP contribution in [0.4, 0.5) is 0 Å². The number of carbonyl (C=O) groups is 1. The average molecular weight is 307 g/mol. The Hall–Kier alpha value is -2.65. The molecule has 4 heteroatoms. The molecule has 2 aromatic heterocycles. The van der Waals surface area contributed by atoms with Gasteiger partial charge in [-0.25, -0.2) is 4.98 Å². The summed E-state index contributed by atoms with van der Waals surface area (Å²) < 4.78 is 1.72. The van der Waals surface area contributed by atoms with Gasteiger partial charge in [0.1, 0.15) is 17.0 Å². The number of fused-ring (bicyclic) bond motifs is 2. The fraction of sp³-hybridized carbons (Fsp3) is 0. The van der Waals surface area contributed by atoms with Crippen LogP contribution in [-0.2, 0) is 0 Å². The van der Waals surface area contributed by atoms with Crippen molar-refractivity contribution in [2.75, 3.05) is 0 Å². The number of pyridine rings is 1. The Bertz CT molecular complexity index is 1020. The van der Waals surface area contributed by atoms with Crippen LogP contribution in [0.25, 0.3) is 27.7 Å². The Kier molecular flexibility index (Phi) is 2.94. The van der Waals surface area contributed by atoms with E-state index in [0.29, 0.717) is 22.1 Å². The summed E-state index contributed by atoms with van der Waals surface area (Å²) in [5.74, 6) is 0. The first-order chi connectivity index (χ1) is 10.8. The summed E-state index contributed by atoms with van der Waals surface area (Å²) in [5.41, 5.74) is 2.80. The van der Waals surface area contributed by atoms with Gasteiger partial charge in [-0.3, -0.25) is 9.20 Å². The third kappa shape index (κ3) is 1.98. The fourth-order valence-corrected chi connectivity index (χ4v) is 2.86. The van der Waals surface area contributed by atoms with Crippen molar-refractivity contribution in [1.82, 2.24) is 9.38 Å². The molecular formula is C18H11ClN2O. The highest BCUT2D eigenvalue weighted by Crippen LogP contribution is 2.27. The van der Waals surface area contributed by atoms with E-state index >= 15 is 0 Å². The van der Waals surface area contributed by atoms with E-state index in [0.717, 1.165) is 22.6 Å². The summed E-state index contributed by atoms with van der Waals surface area (Å²) in [4.78, 5) is 16.1. The summed E-state index contributed by atoms with van der Waals surface area (Å²) >= 11 is 6.02. The van der Waals surface area contributed by atoms with E-state index < -0.39 is 0 Å². The van der Waals surface area contributed by atoms with E-state index in [-0.39, 0.29) is 0 Å². The lowest BCUT2D eigenvalue weighted by Crippen LogP contribution is -1.92. The molecule has 22 heavy (non-hydrogen) atoms. The third-order valence-corrected chi connectivity index (χ3v) is 3.98. The highest BCUT2D eigenvalue weighted by molar-refractivity contribution is 6.30. The minimum absolute atomic E-state index is 0.507. The largest absolute Gasteiger partial charge is 0.296 e. The molecule has 2 heterocycles. The molecule has 0 aliphatic rings. The van der Waals surface area contributed by atoms with E-state index in [1.54, 1.807) is 22.7 Å². The van der Waals surface area contributed by atoms with Crippen LogP contribution in [0.15, 0.2) is 60.8 Å². The van der Waals surface area contributed by atoms with Crippen molar-refractivity contribution in [2.24, 2.45) is 0 Å². The molecule has 0 saturated heterocycles. The predicted octanol–water partition coefficient (Wildman–Crippen LogP) is 4.62. The van der Waals surface area contributed by atoms with Crippen LogP contribution in [0.2, 0.25) is 5.02 Å². The van der Waals surface area contributed by atoms with E-state index in [2.05, 4.69) is 11.1 Å². The van der Waals surface area contributed by atoms with E-state index in [1.807, 2.05) is 36.4 Å². The number of aromatic nitrogens is 2. The van der Waals surface area contributed by atoms with Crippen LogP contribution < -0.4 is 0 Å². The zero-order valence-corrected chi connectivity index (χ0v) is 12.3. The van der Waals surface area contributed by atoms with Gasteiger partial charge in [0.05, 0.1) is 5.02 Å². The molecule has 0 spiro atoms. The molecule has 2 aromatic carbocycles. The second kappa shape index (κ2) is 4.97. The summed E-state index contributed by atoms with van der Waals surface area (Å²) in [6, 6.07) is 17.8. The van der Waals surface area contributed by atoms with Crippen LogP contribution in [0.1, 0.15) is 10.5 Å². The SMILES string of the molecule is O=Cc1c(-c2ccc3ccccc3c2)nc2ccc(Cl)cn12. The van der Waals surface area contributed by atoms with Gasteiger partial charge in [0.15, 0.2) is 6.29 Å². The quantitative estimate of drug-likeness (QED) is 0.506. The maximum Gasteiger partial charge on any atom is 0.169 e. The highest BCUT2D eigenvalue weighted by atomic mass is 35.5. The molecule has 4 rings (SSSR count). The van der Waals surface area contributed by atoms with Gasteiger partial charge < -0.3 is 0 Å². The molecule has 0 atom stereocenters. The Morgan fingerprint density at radius 3 is 2.64 bits per heavy atom. The van der Waals surface area contributed by atoms with Crippen LogP contribution in [0.5, 0.6) is 0 Å². The molecule has 0 aliphatic heterocycles. The Morgan fingerprint density at radius 1 is 1.00 bits per heavy atom. The molecule has 0 unspecified atom stereocenters. The summed E-state index contributed by atoms with van der Waals surface area (Å²) in [6.45, 7) is 0. The first-order valence-corrected chi connectivity index (χ1v) is 7.26. The van der Waals surface area contributed by atoms with Gasteiger partial charge in [-0.15, -0.1) is 0 Å². The standard InChI is InChI=1S/C18H11ClN2O/c19-15-7-8-17-20-18(16(11-22)21(17)10-15)14-6-5-12-3-1-2-4-13(12)9-14/h1-11H. The van der Waals surface area contributed by atoms with Crippen molar-refractivity contribution >= 4 is 34.3 Å². The fourth-order valence-electron chi connectivity index (χ4n) is 2.70. The molecule has 0 radical (unpaired) electrons. The molecule has 0 aliphatic carbocycles. The number of carbonyl (C=O) groups excluding carboxylic acids is 1. The molecule has 0 bridgehead atoms. The third-order valence-electron chi connectivity index (χ3n) is 3.75. The predicted molar refractivity (Wildman–Crippen MR) is 88.5 cm³/mol. The van der Waals surface area contributed by atoms with Crippen LogP contribution in [0, 0.1) is 0 Å². The lowest BCUT2D eigenvalue weighted by atomic mass is 10.0. The van der Waals surface area contributed by atoms with Gasteiger partial charge in [-0.2, -0.15) is 0 Å². The summed E-state index contributed by atoms with van der Waals surface area (Å²) in [7, 11) is 0. The van der Waals surface area contributed by atoms with Crippen molar-refractivity contribution in [3.8, 4) is 11.3 Å². The lowest BCUT2D eigenvalue weighted by molar-refractivity contribution is 0.111. The molecule has 0 saturated carbocycles. The minimum atomic E-state index is 0.507. The van der Waals surface area contributed by atoms with E-state index in [9.17, 15) is 4.79 Å². The van der Waals surface area contributed by atoms with Crippen LogP contribution in [-0.4, -0.2) is 15.7 Å². The number of hydrogen-bond donors (Lipinski definition) is 0. The lowest BCUT2D eigenvalue weighted by Gasteiger charge is -2.02. The van der Waals surface area contributed by atoms with Gasteiger partial charge in [0.25, 0.3) is 0 Å². The monoisotopic (exact) mass is 306 g/mol. The second-order valence-corrected chi connectivity index (χ2v) is 5.54. The van der Waals surface area contributed by atoms with Crippen LogP contribution >= 0.6 is 11.6 Å². The molecule has 3 nitrogen and oxygen atoms in total. The summed E-state index contributed by atoms with van der Waals surface area (Å²) in [6.07, 6.45) is 2.53. The molecule has 106 valence electrons. The van der Waals surface area contributed by atoms with Gasteiger partial charge in [0, 0.05) is 11.8 Å². The highest BCUT2D eigenvalue weighted by Gasteiger charge is 2.14. The molecule has 0 amide bonds. The minimum Gasteiger partial charge on any atom is -0.296 e. The van der Waals surface area contributed by atoms with Crippen LogP contribution in [0.3, 0.4) is 0 Å². The van der Waals surface area contributed by atoms with Crippen molar-refractivity contribution in [2.45, 2.75) is 0 Å². The number of benzene rings is 2. The Morgan fingerprint density at radius 2 is 1.82 bits per heavy atom. The smallest absolute Gasteiger partial charge is 0.169 e. The number of nitrogens with zero attached hydrogens (tertiary/aromatic N) is 2. The number of hydrogen-bond acceptors (Lipinski definition) is 2. The zero-order valence-electron chi connectivity index (χ0n) is 11.5. The number of imidazole rings is 1. The summed E-state index contributed by atoms with van der Waals surface area (Å²) in [5, 5.41) is 2.84.